The summed E-state index contributed by atoms with van der Waals surface area (Å²) in [4.78, 5) is 3.78. The Morgan fingerprint density at radius 1 is 0.857 bits per heavy atom. The van der Waals surface area contributed by atoms with Crippen molar-refractivity contribution in [3.63, 3.8) is 0 Å². The average Bonchev–Trinajstić information content (AvgIpc) is 1.72. The van der Waals surface area contributed by atoms with Crippen LogP contribution in [0.4, 0.5) is 0 Å². The second-order valence-electron chi connectivity index (χ2n) is 1.02. The summed E-state index contributed by atoms with van der Waals surface area (Å²) in [5.41, 5.74) is 0. The third-order valence-electron chi connectivity index (χ3n) is 0.566. The van der Waals surface area contributed by atoms with E-state index in [1.165, 1.54) is 0 Å². The topological polar surface area (TPSA) is 12.9 Å². The predicted molar refractivity (Wildman–Crippen MR) is 24.2 cm³/mol. The molecule has 2 heteroatoms. The van der Waals surface area contributed by atoms with Gasteiger partial charge in [0.25, 0.3) is 0 Å². The summed E-state index contributed by atoms with van der Waals surface area (Å²) in [5, 5.41) is 0. The molecule has 0 fully saturated rings. The van der Waals surface area contributed by atoms with E-state index in [1.54, 1.807) is 12.4 Å². The third-order valence-corrected chi connectivity index (χ3v) is 0.566. The van der Waals surface area contributed by atoms with Crippen molar-refractivity contribution >= 4 is 0 Å². The van der Waals surface area contributed by atoms with Crippen LogP contribution in [0.2, 0.25) is 0 Å². The van der Waals surface area contributed by atoms with Crippen LogP contribution in [0, 0.1) is 0 Å². The first kappa shape index (κ1) is 6.89. The molecule has 0 aromatic carbocycles. The van der Waals surface area contributed by atoms with Gasteiger partial charge >= 0.3 is 22.4 Å². The van der Waals surface area contributed by atoms with Gasteiger partial charge in [-0.25, -0.2) is 0 Å². The first-order valence-corrected chi connectivity index (χ1v) is 1.85. The fourth-order valence-electron chi connectivity index (χ4n) is 0.313. The van der Waals surface area contributed by atoms with Crippen molar-refractivity contribution in [3.05, 3.63) is 30.6 Å². The monoisotopic (exact) mass is 186 g/mol. The van der Waals surface area contributed by atoms with Gasteiger partial charge in [0, 0.05) is 12.4 Å². The Morgan fingerprint density at radius 2 is 1.43 bits per heavy atom. The second-order valence-corrected chi connectivity index (χ2v) is 1.02. The Kier molecular flexibility index (Phi) is 4.00. The molecule has 0 bridgehead atoms. The molecule has 1 rings (SSSR count). The van der Waals surface area contributed by atoms with Crippen LogP contribution in [0.1, 0.15) is 0 Å². The minimum Gasteiger partial charge on any atom is -0.265 e. The molecule has 1 heterocycles. The quantitative estimate of drug-likeness (QED) is 0.553. The molecule has 1 aromatic heterocycles. The van der Waals surface area contributed by atoms with Crippen LogP contribution in [0.3, 0.4) is 0 Å². The van der Waals surface area contributed by atoms with E-state index in [2.05, 4.69) is 4.98 Å². The zero-order valence-electron chi connectivity index (χ0n) is 3.64. The third kappa shape index (κ3) is 2.57. The number of hydrogen-bond donors (Lipinski definition) is 0. The zero-order chi connectivity index (χ0) is 4.24. The normalized spacial score (nSPS) is 6.86. The smallest absolute Gasteiger partial charge is 0.265 e. The summed E-state index contributed by atoms with van der Waals surface area (Å²) in [6, 6.07) is 5.72. The minimum atomic E-state index is 0. The van der Waals surface area contributed by atoms with Crippen molar-refractivity contribution < 1.29 is 22.4 Å². The van der Waals surface area contributed by atoms with E-state index in [-0.39, 0.29) is 22.4 Å². The standard InChI is InChI=1S/C5H5N.Ag/c1-2-4-6-5-3-1;/h1-5H;/q;+1. The molecule has 0 radical (unpaired) electrons. The van der Waals surface area contributed by atoms with Crippen molar-refractivity contribution in [2.24, 2.45) is 0 Å². The van der Waals surface area contributed by atoms with Crippen molar-refractivity contribution in [2.75, 3.05) is 0 Å². The maximum Gasteiger partial charge on any atom is 1.00 e. The first-order valence-electron chi connectivity index (χ1n) is 1.85. The molecule has 0 aliphatic heterocycles. The number of nitrogens with zero attached hydrogens (tertiary/aromatic N) is 1. The van der Waals surface area contributed by atoms with Gasteiger partial charge in [-0.1, -0.05) is 6.07 Å². The Morgan fingerprint density at radius 3 is 1.57 bits per heavy atom. The molecule has 0 N–H and O–H groups in total. The molecule has 40 valence electrons. The maximum atomic E-state index is 3.78. The Labute approximate surface area is 58.3 Å². The molecule has 0 atom stereocenters. The van der Waals surface area contributed by atoms with Gasteiger partial charge in [-0.05, 0) is 12.1 Å². The summed E-state index contributed by atoms with van der Waals surface area (Å²) in [6.45, 7) is 0. The van der Waals surface area contributed by atoms with E-state index < -0.39 is 0 Å². The molecule has 1 nitrogen and oxygen atoms in total. The van der Waals surface area contributed by atoms with Crippen LogP contribution in [0.15, 0.2) is 30.6 Å². The number of pyridine rings is 1. The van der Waals surface area contributed by atoms with Crippen molar-refractivity contribution in [2.45, 2.75) is 0 Å². The Bertz CT molecular complexity index is 80.0. The predicted octanol–water partition coefficient (Wildman–Crippen LogP) is 1.08. The number of hydrogen-bond acceptors (Lipinski definition) is 1. The zero-order valence-corrected chi connectivity index (χ0v) is 5.12. The molecular weight excluding hydrogens is 182 g/mol. The molecule has 7 heavy (non-hydrogen) atoms. The minimum absolute atomic E-state index is 0. The van der Waals surface area contributed by atoms with Gasteiger partial charge in [-0.15, -0.1) is 0 Å². The van der Waals surface area contributed by atoms with Crippen LogP contribution in [-0.2, 0) is 22.4 Å². The van der Waals surface area contributed by atoms with Crippen LogP contribution < -0.4 is 0 Å². The van der Waals surface area contributed by atoms with E-state index >= 15 is 0 Å². The first-order chi connectivity index (χ1) is 3.00. The summed E-state index contributed by atoms with van der Waals surface area (Å²) < 4.78 is 0. The summed E-state index contributed by atoms with van der Waals surface area (Å²) in [5.74, 6) is 0. The van der Waals surface area contributed by atoms with Crippen LogP contribution in [0.5, 0.6) is 0 Å². The van der Waals surface area contributed by atoms with E-state index in [0.717, 1.165) is 0 Å². The Hall–Kier alpha value is -0.110. The molecular formula is C5H5AgN+. The van der Waals surface area contributed by atoms with E-state index in [9.17, 15) is 0 Å². The SMILES string of the molecule is [Ag+].c1ccncc1. The molecule has 0 unspecified atom stereocenters. The maximum absolute atomic E-state index is 3.78. The average molecular weight is 187 g/mol. The molecule has 1 aromatic rings. The van der Waals surface area contributed by atoms with Crippen molar-refractivity contribution in [1.29, 1.82) is 0 Å². The van der Waals surface area contributed by atoms with Gasteiger partial charge in [0.15, 0.2) is 0 Å². The van der Waals surface area contributed by atoms with E-state index in [4.69, 9.17) is 0 Å². The largest absolute Gasteiger partial charge is 1.00 e. The van der Waals surface area contributed by atoms with Gasteiger partial charge < -0.3 is 0 Å². The number of rotatable bonds is 0. The van der Waals surface area contributed by atoms with Gasteiger partial charge in [0.1, 0.15) is 0 Å². The molecule has 0 saturated carbocycles. The molecule has 0 amide bonds. The van der Waals surface area contributed by atoms with Crippen LogP contribution >= 0.6 is 0 Å². The number of aromatic nitrogens is 1. The Balaban J connectivity index is 0.000000360. The van der Waals surface area contributed by atoms with Crippen LogP contribution in [-0.4, -0.2) is 4.98 Å². The van der Waals surface area contributed by atoms with E-state index in [0.29, 0.717) is 0 Å². The summed E-state index contributed by atoms with van der Waals surface area (Å²) in [6.07, 6.45) is 3.50. The van der Waals surface area contributed by atoms with Gasteiger partial charge in [0.05, 0.1) is 0 Å². The fraction of sp³-hybridized carbons (Fsp3) is 0. The van der Waals surface area contributed by atoms with Crippen LogP contribution in [0.25, 0.3) is 0 Å². The van der Waals surface area contributed by atoms with Gasteiger partial charge in [-0.3, -0.25) is 4.98 Å². The second kappa shape index (κ2) is 4.06. The van der Waals surface area contributed by atoms with Gasteiger partial charge in [-0.2, -0.15) is 0 Å². The van der Waals surface area contributed by atoms with Crippen molar-refractivity contribution in [3.8, 4) is 0 Å². The molecule has 0 saturated heterocycles. The summed E-state index contributed by atoms with van der Waals surface area (Å²) >= 11 is 0. The molecule has 0 spiro atoms. The van der Waals surface area contributed by atoms with Gasteiger partial charge in [0.2, 0.25) is 0 Å². The fourth-order valence-corrected chi connectivity index (χ4v) is 0.313. The van der Waals surface area contributed by atoms with E-state index in [1.807, 2.05) is 18.2 Å². The van der Waals surface area contributed by atoms with Crippen molar-refractivity contribution in [1.82, 2.24) is 4.98 Å². The molecule has 0 aliphatic carbocycles. The molecule has 0 aliphatic rings. The summed E-state index contributed by atoms with van der Waals surface area (Å²) in [7, 11) is 0.